The second-order valence-corrected chi connectivity index (χ2v) is 2.62. The van der Waals surface area contributed by atoms with Crippen LogP contribution < -0.4 is 0 Å². The topological polar surface area (TPSA) is 0 Å². The van der Waals surface area contributed by atoms with Crippen LogP contribution in [0, 0.1) is 0 Å². The van der Waals surface area contributed by atoms with Gasteiger partial charge in [0.05, 0.1) is 9.60 Å². The van der Waals surface area contributed by atoms with E-state index >= 15 is 0 Å². The number of hydrogen-bond donors (Lipinski definition) is 0. The maximum absolute atomic E-state index is 8.00. The van der Waals surface area contributed by atoms with Crippen molar-refractivity contribution in [3.05, 3.63) is 71.6 Å². The quantitative estimate of drug-likeness (QED) is 0.626. The van der Waals surface area contributed by atoms with Crippen LogP contribution in [0.1, 0.15) is 20.7 Å². The largest absolute Gasteiger partial charge is 0.0629 e. The fourth-order valence-electron chi connectivity index (χ4n) is 0.974. The predicted molar refractivity (Wildman–Crippen MR) is 61.8 cm³/mol. The van der Waals surface area contributed by atoms with Gasteiger partial charge in [-0.25, -0.2) is 0 Å². The Labute approximate surface area is 94.4 Å². The fourth-order valence-corrected chi connectivity index (χ4v) is 0.974. The molecule has 0 aliphatic rings. The summed E-state index contributed by atoms with van der Waals surface area (Å²) in [5.41, 5.74) is 0.499. The van der Waals surface area contributed by atoms with E-state index in [1.165, 1.54) is 6.08 Å². The molecule has 68 valence electrons. The number of hydrogen-bond acceptors (Lipinski definition) is 0. The Morgan fingerprint density at radius 2 is 1.64 bits per heavy atom. The van der Waals surface area contributed by atoms with Crippen molar-refractivity contribution >= 4 is 12.1 Å². The van der Waals surface area contributed by atoms with Gasteiger partial charge in [-0.15, -0.1) is 0 Å². The first-order valence-electron chi connectivity index (χ1n) is 7.65. The third-order valence-corrected chi connectivity index (χ3v) is 1.63. The van der Waals surface area contributed by atoms with E-state index in [1.54, 1.807) is 24.3 Å². The average Bonchev–Trinajstić information content (AvgIpc) is 2.46. The van der Waals surface area contributed by atoms with Crippen molar-refractivity contribution in [2.45, 2.75) is 0 Å². The first-order valence-corrected chi connectivity index (χ1v) is 4.15. The summed E-state index contributed by atoms with van der Waals surface area (Å²) < 4.78 is 53.7. The highest BCUT2D eigenvalue weighted by Gasteiger charge is 1.84. The van der Waals surface area contributed by atoms with Crippen molar-refractivity contribution in [2.24, 2.45) is 0 Å². The van der Waals surface area contributed by atoms with Crippen LogP contribution in [0.4, 0.5) is 0 Å². The lowest BCUT2D eigenvalue weighted by Gasteiger charge is -1.92. The lowest BCUT2D eigenvalue weighted by atomic mass is 10.1. The summed E-state index contributed by atoms with van der Waals surface area (Å²) in [6.07, 6.45) is 1.41. The maximum atomic E-state index is 8.00. The Kier molecular flexibility index (Phi) is 1.18. The summed E-state index contributed by atoms with van der Waals surface area (Å²) in [4.78, 5) is 0. The van der Waals surface area contributed by atoms with Crippen molar-refractivity contribution in [3.8, 4) is 0 Å². The van der Waals surface area contributed by atoms with Gasteiger partial charge in [0.1, 0.15) is 0 Å². The predicted octanol–water partition coefficient (Wildman–Crippen LogP) is 3.86. The van der Waals surface area contributed by atoms with E-state index in [0.29, 0.717) is 11.6 Å². The minimum Gasteiger partial charge on any atom is -0.0622 e. The first-order chi connectivity index (χ1) is 9.82. The lowest BCUT2D eigenvalue weighted by Crippen LogP contribution is -1.70. The van der Waals surface area contributed by atoms with E-state index in [0.717, 1.165) is 0 Å². The van der Waals surface area contributed by atoms with Gasteiger partial charge in [0.15, 0.2) is 0 Å². The molecule has 0 unspecified atom stereocenters. The molecular weight excluding hydrogens is 168 g/mol. The van der Waals surface area contributed by atoms with Crippen LogP contribution in [0.15, 0.2) is 60.5 Å². The maximum Gasteiger partial charge on any atom is 0.0629 e. The van der Waals surface area contributed by atoms with Gasteiger partial charge in [-0.2, -0.15) is 0 Å². The SMILES string of the molecule is [2H]/C(=C\c1ccc([2H])cc1)c1c([2H])c([2H])c([2H])c([2H])c1[2H]. The van der Waals surface area contributed by atoms with Gasteiger partial charge < -0.3 is 0 Å². The molecule has 0 aliphatic heterocycles. The van der Waals surface area contributed by atoms with E-state index in [9.17, 15) is 0 Å². The molecule has 0 saturated carbocycles. The van der Waals surface area contributed by atoms with Crippen LogP contribution in [0.2, 0.25) is 0 Å². The third kappa shape index (κ3) is 2.33. The highest BCUT2D eigenvalue weighted by molar-refractivity contribution is 5.69. The lowest BCUT2D eigenvalue weighted by molar-refractivity contribution is 1.65. The minimum atomic E-state index is -0.472. The van der Waals surface area contributed by atoms with Gasteiger partial charge in [-0.05, 0) is 11.1 Å². The highest BCUT2D eigenvalue weighted by atomic mass is 13.9. The second kappa shape index (κ2) is 4.43. The van der Waals surface area contributed by atoms with Crippen LogP contribution in [0.3, 0.4) is 0 Å². The van der Waals surface area contributed by atoms with Crippen LogP contribution >= 0.6 is 0 Å². The molecule has 0 bridgehead atoms. The monoisotopic (exact) mass is 187 g/mol. The molecule has 0 aromatic heterocycles. The van der Waals surface area contributed by atoms with Crippen molar-refractivity contribution in [1.82, 2.24) is 0 Å². The molecule has 0 atom stereocenters. The molecule has 0 N–H and O–H groups in total. The summed E-state index contributed by atoms with van der Waals surface area (Å²) in [6.45, 7) is 0. The third-order valence-electron chi connectivity index (χ3n) is 1.63. The van der Waals surface area contributed by atoms with Crippen LogP contribution in [-0.4, -0.2) is 0 Å². The molecule has 0 nitrogen and oxygen atoms in total. The molecular formula is C14H12. The normalized spacial score (nSPS) is 18.3. The molecule has 0 fully saturated rings. The van der Waals surface area contributed by atoms with Gasteiger partial charge >= 0.3 is 0 Å². The van der Waals surface area contributed by atoms with Crippen LogP contribution in [0.5, 0.6) is 0 Å². The molecule has 0 heteroatoms. The molecule has 0 spiro atoms. The summed E-state index contributed by atoms with van der Waals surface area (Å²) in [5, 5.41) is 0. The Morgan fingerprint density at radius 1 is 0.929 bits per heavy atom. The van der Waals surface area contributed by atoms with Crippen molar-refractivity contribution in [2.75, 3.05) is 0 Å². The highest BCUT2D eigenvalue weighted by Crippen LogP contribution is 2.06. The van der Waals surface area contributed by atoms with Gasteiger partial charge in [0.2, 0.25) is 0 Å². The van der Waals surface area contributed by atoms with E-state index in [-0.39, 0.29) is 23.7 Å². The average molecular weight is 187 g/mol. The molecule has 0 aliphatic carbocycles. The van der Waals surface area contributed by atoms with E-state index in [1.807, 2.05) is 0 Å². The molecule has 0 radical (unpaired) electrons. The Bertz CT molecular complexity index is 688. The van der Waals surface area contributed by atoms with Gasteiger partial charge in [-0.1, -0.05) is 72.6 Å². The van der Waals surface area contributed by atoms with E-state index in [2.05, 4.69) is 0 Å². The summed E-state index contributed by atoms with van der Waals surface area (Å²) in [6, 6.07) is 4.39. The molecule has 14 heavy (non-hydrogen) atoms. The first kappa shape index (κ1) is 3.74. The summed E-state index contributed by atoms with van der Waals surface area (Å²) >= 11 is 0. The zero-order chi connectivity index (χ0) is 15.7. The van der Waals surface area contributed by atoms with Crippen LogP contribution in [-0.2, 0) is 0 Å². The standard InChI is InChI=1S/C14H12/c1-3-7-13(8-4-1)11-12-14-9-5-2-6-10-14/h1-12H/b12-11+/i1D,2D,3D,4D,7D,8D,11D. The number of benzene rings is 2. The van der Waals surface area contributed by atoms with Crippen molar-refractivity contribution in [3.63, 3.8) is 0 Å². The Morgan fingerprint density at radius 3 is 2.36 bits per heavy atom. The van der Waals surface area contributed by atoms with Gasteiger partial charge in [0, 0.05) is 0 Å². The molecule has 2 aromatic rings. The Balaban J connectivity index is 2.58. The molecule has 0 heterocycles. The van der Waals surface area contributed by atoms with Crippen molar-refractivity contribution in [1.29, 1.82) is 0 Å². The zero-order valence-corrected chi connectivity index (χ0v) is 7.39. The zero-order valence-electron chi connectivity index (χ0n) is 14.4. The molecule has 2 aromatic carbocycles. The molecule has 2 rings (SSSR count). The summed E-state index contributed by atoms with van der Waals surface area (Å²) in [7, 11) is 0. The molecule has 0 saturated heterocycles. The van der Waals surface area contributed by atoms with Crippen LogP contribution in [0.25, 0.3) is 12.1 Å². The minimum absolute atomic E-state index is 0.129. The fraction of sp³-hybridized carbons (Fsp3) is 0. The molecule has 0 amide bonds. The van der Waals surface area contributed by atoms with Gasteiger partial charge in [-0.3, -0.25) is 0 Å². The second-order valence-electron chi connectivity index (χ2n) is 2.62. The van der Waals surface area contributed by atoms with E-state index in [4.69, 9.17) is 9.60 Å². The Hall–Kier alpha value is -1.82. The number of rotatable bonds is 2. The van der Waals surface area contributed by atoms with Gasteiger partial charge in [0.25, 0.3) is 0 Å². The smallest absolute Gasteiger partial charge is 0.0622 e. The van der Waals surface area contributed by atoms with E-state index < -0.39 is 18.1 Å². The van der Waals surface area contributed by atoms with Crippen molar-refractivity contribution < 1.29 is 9.60 Å². The summed E-state index contributed by atoms with van der Waals surface area (Å²) in [5.74, 6) is 0.